The van der Waals surface area contributed by atoms with E-state index in [2.05, 4.69) is 4.90 Å². The van der Waals surface area contributed by atoms with Crippen LogP contribution >= 0.6 is 11.6 Å². The highest BCUT2D eigenvalue weighted by molar-refractivity contribution is 6.32. The van der Waals surface area contributed by atoms with E-state index in [0.717, 1.165) is 13.1 Å². The molecule has 26 heavy (non-hydrogen) atoms. The van der Waals surface area contributed by atoms with Crippen LogP contribution in [0, 0.1) is 0 Å². The second-order valence-electron chi connectivity index (χ2n) is 6.37. The Morgan fingerprint density at radius 3 is 2.23 bits per heavy atom. The molecule has 8 heteroatoms. The van der Waals surface area contributed by atoms with E-state index in [1.807, 2.05) is 17.0 Å². The zero-order valence-electron chi connectivity index (χ0n) is 14.7. The van der Waals surface area contributed by atoms with Crippen molar-refractivity contribution >= 4 is 23.4 Å². The fraction of sp³-hybridized carbons (Fsp3) is 0.556. The first-order chi connectivity index (χ1) is 12.6. The maximum Gasteiger partial charge on any atom is 0.260 e. The molecular weight excluding hydrogens is 358 g/mol. The van der Waals surface area contributed by atoms with Crippen LogP contribution in [0.2, 0.25) is 5.02 Å². The lowest BCUT2D eigenvalue weighted by molar-refractivity contribution is -0.141. The number of halogens is 1. The van der Waals surface area contributed by atoms with Gasteiger partial charge in [-0.05, 0) is 12.1 Å². The third-order valence-corrected chi connectivity index (χ3v) is 4.95. The van der Waals surface area contributed by atoms with Crippen LogP contribution in [0.5, 0.6) is 5.75 Å². The average molecular weight is 382 g/mol. The minimum atomic E-state index is -0.0924. The SMILES string of the molecule is O=C(COc1ccccc1Cl)N1CCN(C(=O)CN2CCOCC2)CC1. The molecule has 142 valence electrons. The van der Waals surface area contributed by atoms with E-state index >= 15 is 0 Å². The number of benzene rings is 1. The number of amides is 2. The standard InChI is InChI=1S/C18H24ClN3O4/c19-15-3-1-2-4-16(15)26-14-18(24)22-7-5-21(6-8-22)17(23)13-20-9-11-25-12-10-20/h1-4H,5-14H2. The monoisotopic (exact) mass is 381 g/mol. The highest BCUT2D eigenvalue weighted by atomic mass is 35.5. The van der Waals surface area contributed by atoms with Crippen LogP contribution < -0.4 is 4.74 Å². The molecule has 0 N–H and O–H groups in total. The number of para-hydroxylation sites is 1. The molecular formula is C18H24ClN3O4. The van der Waals surface area contributed by atoms with E-state index in [1.54, 1.807) is 17.0 Å². The number of carbonyl (C=O) groups excluding carboxylic acids is 2. The van der Waals surface area contributed by atoms with Crippen molar-refractivity contribution in [2.45, 2.75) is 0 Å². The minimum Gasteiger partial charge on any atom is -0.482 e. The van der Waals surface area contributed by atoms with Crippen molar-refractivity contribution in [3.63, 3.8) is 0 Å². The van der Waals surface area contributed by atoms with Crippen LogP contribution in [-0.2, 0) is 14.3 Å². The Kier molecular flexibility index (Phi) is 6.71. The van der Waals surface area contributed by atoms with Crippen molar-refractivity contribution in [1.82, 2.24) is 14.7 Å². The van der Waals surface area contributed by atoms with Crippen molar-refractivity contribution in [1.29, 1.82) is 0 Å². The second-order valence-corrected chi connectivity index (χ2v) is 6.78. The Hall–Kier alpha value is -1.83. The number of piperazine rings is 1. The molecule has 2 aliphatic heterocycles. The van der Waals surface area contributed by atoms with E-state index in [1.165, 1.54) is 0 Å². The number of hydrogen-bond acceptors (Lipinski definition) is 5. The lowest BCUT2D eigenvalue weighted by Crippen LogP contribution is -2.54. The van der Waals surface area contributed by atoms with Gasteiger partial charge in [0.25, 0.3) is 5.91 Å². The van der Waals surface area contributed by atoms with Crippen LogP contribution in [0.1, 0.15) is 0 Å². The lowest BCUT2D eigenvalue weighted by Gasteiger charge is -2.36. The van der Waals surface area contributed by atoms with Gasteiger partial charge in [-0.15, -0.1) is 0 Å². The van der Waals surface area contributed by atoms with Gasteiger partial charge in [0.15, 0.2) is 6.61 Å². The summed E-state index contributed by atoms with van der Waals surface area (Å²) in [6.45, 7) is 5.49. The zero-order valence-corrected chi connectivity index (χ0v) is 15.5. The molecule has 2 aliphatic rings. The van der Waals surface area contributed by atoms with E-state index in [0.29, 0.717) is 56.7 Å². The fourth-order valence-corrected chi connectivity index (χ4v) is 3.24. The molecule has 0 unspecified atom stereocenters. The third kappa shape index (κ3) is 5.09. The highest BCUT2D eigenvalue weighted by Gasteiger charge is 2.25. The Morgan fingerprint density at radius 1 is 0.962 bits per heavy atom. The number of rotatable bonds is 5. The molecule has 2 amide bonds. The lowest BCUT2D eigenvalue weighted by atomic mass is 10.3. The van der Waals surface area contributed by atoms with Gasteiger partial charge >= 0.3 is 0 Å². The van der Waals surface area contributed by atoms with Crippen molar-refractivity contribution in [2.75, 3.05) is 65.6 Å². The maximum atomic E-state index is 12.4. The molecule has 2 saturated heterocycles. The molecule has 0 aliphatic carbocycles. The van der Waals surface area contributed by atoms with Gasteiger partial charge in [0.2, 0.25) is 5.91 Å². The summed E-state index contributed by atoms with van der Waals surface area (Å²) in [5.74, 6) is 0.526. The average Bonchev–Trinajstić information content (AvgIpc) is 2.68. The number of carbonyl (C=O) groups is 2. The normalized spacial score (nSPS) is 18.7. The Bertz CT molecular complexity index is 629. The molecule has 0 bridgehead atoms. The Balaban J connectivity index is 1.40. The second kappa shape index (κ2) is 9.21. The van der Waals surface area contributed by atoms with Crippen LogP contribution in [0.4, 0.5) is 0 Å². The van der Waals surface area contributed by atoms with Gasteiger partial charge in [-0.2, -0.15) is 0 Å². The largest absolute Gasteiger partial charge is 0.482 e. The molecule has 1 aromatic rings. The molecule has 0 aromatic heterocycles. The molecule has 1 aromatic carbocycles. The van der Waals surface area contributed by atoms with Gasteiger partial charge in [0, 0.05) is 39.3 Å². The van der Waals surface area contributed by atoms with Crippen LogP contribution in [0.25, 0.3) is 0 Å². The first-order valence-electron chi connectivity index (χ1n) is 8.86. The van der Waals surface area contributed by atoms with E-state index < -0.39 is 0 Å². The topological polar surface area (TPSA) is 62.3 Å². The fourth-order valence-electron chi connectivity index (χ4n) is 3.05. The van der Waals surface area contributed by atoms with Crippen LogP contribution in [0.3, 0.4) is 0 Å². The molecule has 2 heterocycles. The Labute approximate surface area is 158 Å². The van der Waals surface area contributed by atoms with Gasteiger partial charge in [0.1, 0.15) is 5.75 Å². The van der Waals surface area contributed by atoms with E-state index in [4.69, 9.17) is 21.1 Å². The summed E-state index contributed by atoms with van der Waals surface area (Å²) in [7, 11) is 0. The quantitative estimate of drug-likeness (QED) is 0.752. The zero-order chi connectivity index (χ0) is 18.4. The molecule has 2 fully saturated rings. The first kappa shape index (κ1) is 18.9. The van der Waals surface area contributed by atoms with Crippen LogP contribution in [-0.4, -0.2) is 92.1 Å². The summed E-state index contributed by atoms with van der Waals surface area (Å²) in [5, 5.41) is 0.485. The van der Waals surface area contributed by atoms with Gasteiger partial charge < -0.3 is 19.3 Å². The van der Waals surface area contributed by atoms with Crippen LogP contribution in [0.15, 0.2) is 24.3 Å². The summed E-state index contributed by atoms with van der Waals surface area (Å²) in [5.41, 5.74) is 0. The predicted molar refractivity (Wildman–Crippen MR) is 97.4 cm³/mol. The smallest absolute Gasteiger partial charge is 0.260 e. The summed E-state index contributed by atoms with van der Waals surface area (Å²) in [4.78, 5) is 30.4. The summed E-state index contributed by atoms with van der Waals surface area (Å²) in [6, 6.07) is 7.08. The van der Waals surface area contributed by atoms with Crippen molar-refractivity contribution in [3.8, 4) is 5.75 Å². The molecule has 0 radical (unpaired) electrons. The summed E-state index contributed by atoms with van der Waals surface area (Å²) in [6.07, 6.45) is 0. The van der Waals surface area contributed by atoms with E-state index in [-0.39, 0.29) is 18.4 Å². The maximum absolute atomic E-state index is 12.4. The van der Waals surface area contributed by atoms with Gasteiger partial charge in [0.05, 0.1) is 24.8 Å². The molecule has 0 saturated carbocycles. The third-order valence-electron chi connectivity index (χ3n) is 4.64. The number of ether oxygens (including phenoxy) is 2. The minimum absolute atomic E-state index is 0.0501. The van der Waals surface area contributed by atoms with Gasteiger partial charge in [-0.3, -0.25) is 14.5 Å². The van der Waals surface area contributed by atoms with Crippen molar-refractivity contribution in [3.05, 3.63) is 29.3 Å². The van der Waals surface area contributed by atoms with Gasteiger partial charge in [-0.25, -0.2) is 0 Å². The van der Waals surface area contributed by atoms with Crippen molar-refractivity contribution in [2.24, 2.45) is 0 Å². The molecule has 0 spiro atoms. The number of morpholine rings is 1. The molecule has 3 rings (SSSR count). The molecule has 0 atom stereocenters. The summed E-state index contributed by atoms with van der Waals surface area (Å²) < 4.78 is 10.8. The highest BCUT2D eigenvalue weighted by Crippen LogP contribution is 2.23. The summed E-state index contributed by atoms with van der Waals surface area (Å²) >= 11 is 6.02. The van der Waals surface area contributed by atoms with E-state index in [9.17, 15) is 9.59 Å². The number of nitrogens with zero attached hydrogens (tertiary/aromatic N) is 3. The first-order valence-corrected chi connectivity index (χ1v) is 9.24. The number of hydrogen-bond donors (Lipinski definition) is 0. The molecule has 7 nitrogen and oxygen atoms in total. The predicted octanol–water partition coefficient (Wildman–Crippen LogP) is 0.722. The Morgan fingerprint density at radius 2 is 1.58 bits per heavy atom. The van der Waals surface area contributed by atoms with Gasteiger partial charge in [-0.1, -0.05) is 23.7 Å². The van der Waals surface area contributed by atoms with Crippen molar-refractivity contribution < 1.29 is 19.1 Å².